The third-order valence-electron chi connectivity index (χ3n) is 5.36. The first-order valence-electron chi connectivity index (χ1n) is 9.39. The SMILES string of the molecule is NC(=O)C1CCN(C(=O)c2ccc(-n3c(=S)[nH]c4ccccc4c3=O)cc2)CC1. The number of aromatic nitrogens is 2. The van der Waals surface area contributed by atoms with Gasteiger partial charge in [0, 0.05) is 24.6 Å². The van der Waals surface area contributed by atoms with Crippen LogP contribution < -0.4 is 11.3 Å². The third kappa shape index (κ3) is 3.58. The highest BCUT2D eigenvalue weighted by molar-refractivity contribution is 7.71. The number of fused-ring (bicyclic) bond motifs is 1. The van der Waals surface area contributed by atoms with Crippen LogP contribution >= 0.6 is 12.2 Å². The van der Waals surface area contributed by atoms with Crippen LogP contribution in [-0.4, -0.2) is 39.4 Å². The highest BCUT2D eigenvalue weighted by atomic mass is 32.1. The number of nitrogens with two attached hydrogens (primary N) is 1. The molecule has 1 aliphatic heterocycles. The van der Waals surface area contributed by atoms with Crippen LogP contribution in [0.15, 0.2) is 53.3 Å². The van der Waals surface area contributed by atoms with Gasteiger partial charge in [-0.3, -0.25) is 19.0 Å². The van der Waals surface area contributed by atoms with Crippen LogP contribution in [0.25, 0.3) is 16.6 Å². The zero-order valence-corrected chi connectivity index (χ0v) is 16.4. The maximum Gasteiger partial charge on any atom is 0.266 e. The first kappa shape index (κ1) is 19.1. The minimum absolute atomic E-state index is 0.101. The van der Waals surface area contributed by atoms with Crippen LogP contribution in [0.1, 0.15) is 23.2 Å². The molecular formula is C21H20N4O3S. The molecule has 1 saturated heterocycles. The van der Waals surface area contributed by atoms with E-state index in [1.54, 1.807) is 47.4 Å². The topological polar surface area (TPSA) is 101 Å². The molecule has 3 aromatic rings. The minimum Gasteiger partial charge on any atom is -0.369 e. The van der Waals surface area contributed by atoms with Gasteiger partial charge in [-0.1, -0.05) is 12.1 Å². The van der Waals surface area contributed by atoms with Gasteiger partial charge in [0.1, 0.15) is 0 Å². The van der Waals surface area contributed by atoms with Crippen molar-refractivity contribution in [2.24, 2.45) is 11.7 Å². The van der Waals surface area contributed by atoms with Gasteiger partial charge >= 0.3 is 0 Å². The van der Waals surface area contributed by atoms with E-state index in [0.717, 1.165) is 0 Å². The van der Waals surface area contributed by atoms with Gasteiger partial charge in [-0.25, -0.2) is 0 Å². The van der Waals surface area contributed by atoms with Crippen LogP contribution in [-0.2, 0) is 4.79 Å². The van der Waals surface area contributed by atoms with Crippen molar-refractivity contribution in [2.75, 3.05) is 13.1 Å². The van der Waals surface area contributed by atoms with Gasteiger partial charge in [-0.2, -0.15) is 0 Å². The van der Waals surface area contributed by atoms with Gasteiger partial charge in [-0.15, -0.1) is 0 Å². The number of nitrogens with zero attached hydrogens (tertiary/aromatic N) is 2. The number of likely N-dealkylation sites (tertiary alicyclic amines) is 1. The maximum atomic E-state index is 12.9. The van der Waals surface area contributed by atoms with E-state index in [9.17, 15) is 14.4 Å². The summed E-state index contributed by atoms with van der Waals surface area (Å²) >= 11 is 5.36. The number of carbonyl (C=O) groups is 2. The van der Waals surface area contributed by atoms with Crippen LogP contribution in [0.2, 0.25) is 0 Å². The zero-order valence-electron chi connectivity index (χ0n) is 15.6. The molecule has 0 radical (unpaired) electrons. The lowest BCUT2D eigenvalue weighted by Crippen LogP contribution is -2.41. The van der Waals surface area contributed by atoms with E-state index in [0.29, 0.717) is 52.9 Å². The van der Waals surface area contributed by atoms with Crippen LogP contribution in [0, 0.1) is 10.7 Å². The monoisotopic (exact) mass is 408 g/mol. The van der Waals surface area contributed by atoms with E-state index in [4.69, 9.17) is 18.0 Å². The Hall–Kier alpha value is -3.26. The summed E-state index contributed by atoms with van der Waals surface area (Å²) in [6.07, 6.45) is 1.17. The fourth-order valence-corrected chi connectivity index (χ4v) is 4.00. The molecule has 0 saturated carbocycles. The molecule has 4 rings (SSSR count). The number of carbonyl (C=O) groups excluding carboxylic acids is 2. The largest absolute Gasteiger partial charge is 0.369 e. The Kier molecular flexibility index (Phi) is 5.02. The normalized spacial score (nSPS) is 14.8. The summed E-state index contributed by atoms with van der Waals surface area (Å²) in [6, 6.07) is 14.0. The Bertz CT molecular complexity index is 1210. The van der Waals surface area contributed by atoms with Crippen molar-refractivity contribution in [1.29, 1.82) is 0 Å². The average Bonchev–Trinajstić information content (AvgIpc) is 2.74. The lowest BCUT2D eigenvalue weighted by molar-refractivity contribution is -0.123. The fourth-order valence-electron chi connectivity index (χ4n) is 3.70. The first-order valence-corrected chi connectivity index (χ1v) is 9.79. The van der Waals surface area contributed by atoms with Crippen molar-refractivity contribution >= 4 is 34.9 Å². The predicted octanol–water partition coefficient (Wildman–Crippen LogP) is 2.39. The number of rotatable bonds is 3. The molecule has 0 aliphatic carbocycles. The molecule has 0 atom stereocenters. The van der Waals surface area contributed by atoms with Gasteiger partial charge in [0.15, 0.2) is 4.77 Å². The second-order valence-electron chi connectivity index (χ2n) is 7.13. The molecule has 8 heteroatoms. The van der Waals surface area contributed by atoms with Gasteiger partial charge in [0.2, 0.25) is 5.91 Å². The maximum absolute atomic E-state index is 12.9. The minimum atomic E-state index is -0.307. The number of piperidine rings is 1. The smallest absolute Gasteiger partial charge is 0.266 e. The number of amides is 2. The van der Waals surface area contributed by atoms with Crippen LogP contribution in [0.5, 0.6) is 0 Å². The van der Waals surface area contributed by atoms with Crippen molar-refractivity contribution < 1.29 is 9.59 Å². The Labute approximate surface area is 171 Å². The van der Waals surface area contributed by atoms with Crippen LogP contribution in [0.3, 0.4) is 0 Å². The van der Waals surface area contributed by atoms with Crippen molar-refractivity contribution in [3.63, 3.8) is 0 Å². The number of hydrogen-bond acceptors (Lipinski definition) is 4. The standard InChI is InChI=1S/C21H20N4O3S/c22-18(26)13-9-11-24(12-10-13)19(27)14-5-7-15(8-6-14)25-20(28)16-3-1-2-4-17(16)23-21(25)29/h1-8,13H,9-12H2,(H2,22,26)(H,23,29). The molecule has 1 aromatic heterocycles. The number of para-hydroxylation sites is 1. The number of benzene rings is 2. The van der Waals surface area contributed by atoms with E-state index in [1.807, 2.05) is 6.07 Å². The second-order valence-corrected chi connectivity index (χ2v) is 7.52. The molecule has 2 heterocycles. The van der Waals surface area contributed by atoms with Gasteiger partial charge in [-0.05, 0) is 61.5 Å². The summed E-state index contributed by atoms with van der Waals surface area (Å²) in [4.78, 5) is 41.7. The van der Waals surface area contributed by atoms with E-state index in [2.05, 4.69) is 4.98 Å². The Morgan fingerprint density at radius 1 is 1.03 bits per heavy atom. The Morgan fingerprint density at radius 3 is 2.34 bits per heavy atom. The molecule has 0 bridgehead atoms. The van der Waals surface area contributed by atoms with E-state index < -0.39 is 0 Å². The highest BCUT2D eigenvalue weighted by Gasteiger charge is 2.26. The number of hydrogen-bond donors (Lipinski definition) is 2. The number of nitrogens with one attached hydrogen (secondary N) is 1. The molecule has 2 aromatic carbocycles. The Balaban J connectivity index is 1.60. The van der Waals surface area contributed by atoms with Gasteiger partial charge in [0.05, 0.1) is 16.6 Å². The average molecular weight is 408 g/mol. The van der Waals surface area contributed by atoms with E-state index in [-0.39, 0.29) is 23.3 Å². The van der Waals surface area contributed by atoms with Gasteiger partial charge in [0.25, 0.3) is 11.5 Å². The lowest BCUT2D eigenvalue weighted by atomic mass is 9.96. The molecule has 7 nitrogen and oxygen atoms in total. The third-order valence-corrected chi connectivity index (χ3v) is 5.65. The van der Waals surface area contributed by atoms with Crippen molar-refractivity contribution in [1.82, 2.24) is 14.5 Å². The van der Waals surface area contributed by atoms with Crippen molar-refractivity contribution in [2.45, 2.75) is 12.8 Å². The molecule has 0 unspecified atom stereocenters. The van der Waals surface area contributed by atoms with E-state index in [1.165, 1.54) is 4.57 Å². The van der Waals surface area contributed by atoms with Crippen LogP contribution in [0.4, 0.5) is 0 Å². The van der Waals surface area contributed by atoms with Gasteiger partial charge < -0.3 is 15.6 Å². The summed E-state index contributed by atoms with van der Waals surface area (Å²) in [7, 11) is 0. The molecule has 1 fully saturated rings. The molecular weight excluding hydrogens is 388 g/mol. The first-order chi connectivity index (χ1) is 14.0. The van der Waals surface area contributed by atoms with Crippen molar-refractivity contribution in [3.05, 3.63) is 69.2 Å². The fraction of sp³-hybridized carbons (Fsp3) is 0.238. The molecule has 1 aliphatic rings. The number of primary amides is 1. The van der Waals surface area contributed by atoms with E-state index >= 15 is 0 Å². The quantitative estimate of drug-likeness (QED) is 0.650. The predicted molar refractivity (Wildman–Crippen MR) is 113 cm³/mol. The molecule has 148 valence electrons. The zero-order chi connectivity index (χ0) is 20.5. The summed E-state index contributed by atoms with van der Waals surface area (Å²) in [6.45, 7) is 1.01. The van der Waals surface area contributed by atoms with Crippen molar-refractivity contribution in [3.8, 4) is 5.69 Å². The lowest BCUT2D eigenvalue weighted by Gasteiger charge is -2.30. The number of H-pyrrole nitrogens is 1. The summed E-state index contributed by atoms with van der Waals surface area (Å²) in [5, 5.41) is 0.540. The molecule has 29 heavy (non-hydrogen) atoms. The summed E-state index contributed by atoms with van der Waals surface area (Å²) < 4.78 is 1.71. The summed E-state index contributed by atoms with van der Waals surface area (Å²) in [5.74, 6) is -0.572. The summed E-state index contributed by atoms with van der Waals surface area (Å²) in [5.41, 5.74) is 6.94. The molecule has 3 N–H and O–H groups in total. The number of aromatic amines is 1. The second kappa shape index (κ2) is 7.63. The highest BCUT2D eigenvalue weighted by Crippen LogP contribution is 2.19. The molecule has 0 spiro atoms. The Morgan fingerprint density at radius 2 is 1.69 bits per heavy atom. The molecule has 2 amide bonds.